The lowest BCUT2D eigenvalue weighted by atomic mass is 9.87. The van der Waals surface area contributed by atoms with Crippen LogP contribution in [0.25, 0.3) is 0 Å². The Bertz CT molecular complexity index is 732. The maximum Gasteiger partial charge on any atom is 0.266 e. The highest BCUT2D eigenvalue weighted by molar-refractivity contribution is 6.07. The van der Waals surface area contributed by atoms with Crippen molar-refractivity contribution in [2.24, 2.45) is 0 Å². The Hall–Kier alpha value is -2.34. The second-order valence-electron chi connectivity index (χ2n) is 4.45. The Morgan fingerprint density at radius 3 is 2.45 bits per heavy atom. The van der Waals surface area contributed by atoms with E-state index in [1.165, 1.54) is 12.1 Å². The van der Waals surface area contributed by atoms with E-state index in [-0.39, 0.29) is 5.56 Å². The van der Waals surface area contributed by atoms with Gasteiger partial charge in [-0.15, -0.1) is 0 Å². The molecule has 0 spiro atoms. The quantitative estimate of drug-likeness (QED) is 0.841. The van der Waals surface area contributed by atoms with Gasteiger partial charge < -0.3 is 10.4 Å². The number of rotatable bonds is 1. The second kappa shape index (κ2) is 4.08. The maximum atomic E-state index is 13.9. The van der Waals surface area contributed by atoms with E-state index in [1.807, 2.05) is 0 Å². The molecular weight excluding hydrogens is 271 g/mol. The van der Waals surface area contributed by atoms with Crippen molar-refractivity contribution >= 4 is 11.6 Å². The summed E-state index contributed by atoms with van der Waals surface area (Å²) >= 11 is 0. The number of fused-ring (bicyclic) bond motifs is 1. The van der Waals surface area contributed by atoms with Crippen molar-refractivity contribution in [3.05, 3.63) is 65.0 Å². The van der Waals surface area contributed by atoms with E-state index in [0.717, 1.165) is 24.3 Å². The van der Waals surface area contributed by atoms with Crippen molar-refractivity contribution < 1.29 is 23.1 Å². The van der Waals surface area contributed by atoms with Gasteiger partial charge in [-0.05, 0) is 24.3 Å². The molecule has 0 saturated carbocycles. The Morgan fingerprint density at radius 1 is 1.05 bits per heavy atom. The van der Waals surface area contributed by atoms with Gasteiger partial charge in [0.15, 0.2) is 5.60 Å². The molecule has 6 heteroatoms. The molecule has 0 bridgehead atoms. The Kier molecular flexibility index (Phi) is 2.58. The third-order valence-electron chi connectivity index (χ3n) is 3.27. The predicted octanol–water partition coefficient (Wildman–Crippen LogP) is 2.29. The zero-order valence-electron chi connectivity index (χ0n) is 9.95. The maximum absolute atomic E-state index is 13.9. The first-order chi connectivity index (χ1) is 9.44. The minimum absolute atomic E-state index is 0.168. The molecule has 3 rings (SSSR count). The van der Waals surface area contributed by atoms with Gasteiger partial charge in [-0.25, -0.2) is 13.2 Å². The molecule has 1 atom stereocenters. The van der Waals surface area contributed by atoms with Gasteiger partial charge in [0.25, 0.3) is 5.91 Å². The van der Waals surface area contributed by atoms with Crippen LogP contribution in [-0.2, 0) is 10.4 Å². The van der Waals surface area contributed by atoms with Crippen LogP contribution < -0.4 is 5.32 Å². The summed E-state index contributed by atoms with van der Waals surface area (Å²) in [5.74, 6) is -3.55. The monoisotopic (exact) mass is 279 g/mol. The summed E-state index contributed by atoms with van der Waals surface area (Å²) in [7, 11) is 0. The lowest BCUT2D eigenvalue weighted by Crippen LogP contribution is -2.36. The van der Waals surface area contributed by atoms with Crippen LogP contribution in [0, 0.1) is 17.5 Å². The molecule has 102 valence electrons. The number of benzene rings is 2. The fraction of sp³-hybridized carbons (Fsp3) is 0.0714. The number of amides is 1. The van der Waals surface area contributed by atoms with Gasteiger partial charge in [-0.3, -0.25) is 4.79 Å². The predicted molar refractivity (Wildman–Crippen MR) is 64.4 cm³/mol. The van der Waals surface area contributed by atoms with Crippen LogP contribution in [-0.4, -0.2) is 11.0 Å². The number of carbonyl (C=O) groups is 1. The number of hydrogen-bond donors (Lipinski definition) is 2. The zero-order chi connectivity index (χ0) is 14.5. The largest absolute Gasteiger partial charge is 0.372 e. The van der Waals surface area contributed by atoms with Gasteiger partial charge in [0.2, 0.25) is 0 Å². The third kappa shape index (κ3) is 1.55. The van der Waals surface area contributed by atoms with Crippen molar-refractivity contribution in [3.8, 4) is 0 Å². The summed E-state index contributed by atoms with van der Waals surface area (Å²) in [6, 6.07) is 6.19. The molecule has 0 fully saturated rings. The van der Waals surface area contributed by atoms with Crippen molar-refractivity contribution in [1.82, 2.24) is 0 Å². The van der Waals surface area contributed by atoms with Crippen LogP contribution in [0.15, 0.2) is 36.4 Å². The number of aliphatic hydroxyl groups is 1. The van der Waals surface area contributed by atoms with Crippen molar-refractivity contribution in [2.75, 3.05) is 5.32 Å². The van der Waals surface area contributed by atoms with E-state index in [0.29, 0.717) is 0 Å². The van der Waals surface area contributed by atoms with Crippen molar-refractivity contribution in [1.29, 1.82) is 0 Å². The first-order valence-corrected chi connectivity index (χ1v) is 5.73. The van der Waals surface area contributed by atoms with E-state index in [9.17, 15) is 23.1 Å². The minimum atomic E-state index is -2.45. The first-order valence-electron chi connectivity index (χ1n) is 5.73. The van der Waals surface area contributed by atoms with Gasteiger partial charge in [0, 0.05) is 5.56 Å². The molecule has 2 aromatic carbocycles. The number of halogens is 3. The van der Waals surface area contributed by atoms with Crippen LogP contribution in [0.2, 0.25) is 0 Å². The molecule has 20 heavy (non-hydrogen) atoms. The molecule has 0 radical (unpaired) electrons. The van der Waals surface area contributed by atoms with Crippen LogP contribution in [0.1, 0.15) is 11.1 Å². The normalized spacial score (nSPS) is 20.7. The molecule has 0 saturated heterocycles. The van der Waals surface area contributed by atoms with Gasteiger partial charge in [-0.1, -0.05) is 12.1 Å². The topological polar surface area (TPSA) is 49.3 Å². The molecule has 1 amide bonds. The molecule has 1 unspecified atom stereocenters. The van der Waals surface area contributed by atoms with Gasteiger partial charge in [0.05, 0.1) is 11.3 Å². The first kappa shape index (κ1) is 12.7. The number of anilines is 1. The summed E-state index contributed by atoms with van der Waals surface area (Å²) < 4.78 is 40.8. The SMILES string of the molecule is O=C1Nc2c(F)ccc(F)c2C1(O)c1cccc(F)c1. The van der Waals surface area contributed by atoms with Crippen molar-refractivity contribution in [3.63, 3.8) is 0 Å². The molecular formula is C14H8F3NO2. The highest BCUT2D eigenvalue weighted by Gasteiger charge is 2.50. The summed E-state index contributed by atoms with van der Waals surface area (Å²) in [5, 5.41) is 12.6. The molecule has 2 N–H and O–H groups in total. The van der Waals surface area contributed by atoms with E-state index < -0.39 is 40.2 Å². The van der Waals surface area contributed by atoms with E-state index in [2.05, 4.69) is 5.32 Å². The molecule has 1 aliphatic rings. The molecule has 0 aromatic heterocycles. The van der Waals surface area contributed by atoms with Crippen LogP contribution in [0.4, 0.5) is 18.9 Å². The Labute approximate surface area is 111 Å². The number of nitrogens with one attached hydrogen (secondary N) is 1. The standard InChI is InChI=1S/C14H8F3NO2/c15-8-3-1-2-7(6-8)14(20)11-9(16)4-5-10(17)12(11)18-13(14)19/h1-6,20H,(H,18,19). The number of carbonyl (C=O) groups excluding carboxylic acids is 1. The second-order valence-corrected chi connectivity index (χ2v) is 4.45. The summed E-state index contributed by atoms with van der Waals surface area (Å²) in [5.41, 5.74) is -3.59. The third-order valence-corrected chi connectivity index (χ3v) is 3.27. The Balaban J connectivity index is 2.31. The highest BCUT2D eigenvalue weighted by atomic mass is 19.1. The van der Waals surface area contributed by atoms with Crippen LogP contribution in [0.5, 0.6) is 0 Å². The minimum Gasteiger partial charge on any atom is -0.372 e. The van der Waals surface area contributed by atoms with Gasteiger partial charge >= 0.3 is 0 Å². The number of hydrogen-bond acceptors (Lipinski definition) is 2. The lowest BCUT2D eigenvalue weighted by molar-refractivity contribution is -0.129. The molecule has 1 aliphatic heterocycles. The Morgan fingerprint density at radius 2 is 1.75 bits per heavy atom. The van der Waals surface area contributed by atoms with Crippen LogP contribution in [0.3, 0.4) is 0 Å². The smallest absolute Gasteiger partial charge is 0.266 e. The fourth-order valence-electron chi connectivity index (χ4n) is 2.33. The zero-order valence-corrected chi connectivity index (χ0v) is 9.95. The lowest BCUT2D eigenvalue weighted by Gasteiger charge is -2.21. The molecule has 1 heterocycles. The van der Waals surface area contributed by atoms with Gasteiger partial charge in [0.1, 0.15) is 17.5 Å². The highest BCUT2D eigenvalue weighted by Crippen LogP contribution is 2.43. The summed E-state index contributed by atoms with van der Waals surface area (Å²) in [4.78, 5) is 12.0. The molecule has 0 aliphatic carbocycles. The van der Waals surface area contributed by atoms with Gasteiger partial charge in [-0.2, -0.15) is 0 Å². The summed E-state index contributed by atoms with van der Waals surface area (Å²) in [6.07, 6.45) is 0. The fourth-order valence-corrected chi connectivity index (χ4v) is 2.33. The van der Waals surface area contributed by atoms with Crippen LogP contribution >= 0.6 is 0 Å². The molecule has 2 aromatic rings. The molecule has 3 nitrogen and oxygen atoms in total. The van der Waals surface area contributed by atoms with E-state index in [4.69, 9.17) is 0 Å². The van der Waals surface area contributed by atoms with Crippen molar-refractivity contribution in [2.45, 2.75) is 5.60 Å². The average Bonchev–Trinajstić information content (AvgIpc) is 2.69. The summed E-state index contributed by atoms with van der Waals surface area (Å²) in [6.45, 7) is 0. The van der Waals surface area contributed by atoms with E-state index in [1.54, 1.807) is 0 Å². The average molecular weight is 279 g/mol. The van der Waals surface area contributed by atoms with E-state index >= 15 is 0 Å².